The second-order valence-electron chi connectivity index (χ2n) is 4.60. The van der Waals surface area contributed by atoms with Crippen LogP contribution in [0.4, 0.5) is 0 Å². The standard InChI is InChI=1S/C16H11ClN2O3S/c17-13-4-2-1-3-11(13)5-6-15(21)22-10-12-9-14(20)19-7-8-23-16(19)18-12/h1-9H,10H2/b6-5+. The molecule has 0 saturated carbocycles. The Hall–Kier alpha value is -2.44. The van der Waals surface area contributed by atoms with Crippen molar-refractivity contribution in [2.75, 3.05) is 0 Å². The molecule has 3 rings (SSSR count). The zero-order valence-corrected chi connectivity index (χ0v) is 13.4. The quantitative estimate of drug-likeness (QED) is 0.538. The van der Waals surface area contributed by atoms with Crippen molar-refractivity contribution < 1.29 is 9.53 Å². The first-order valence-electron chi connectivity index (χ1n) is 6.68. The topological polar surface area (TPSA) is 60.7 Å². The molecule has 0 N–H and O–H groups in total. The molecule has 0 saturated heterocycles. The van der Waals surface area contributed by atoms with Gasteiger partial charge in [0.25, 0.3) is 5.56 Å². The Morgan fingerprint density at radius 3 is 3.04 bits per heavy atom. The van der Waals surface area contributed by atoms with Crippen molar-refractivity contribution in [3.05, 3.63) is 74.6 Å². The Morgan fingerprint density at radius 1 is 1.39 bits per heavy atom. The van der Waals surface area contributed by atoms with Gasteiger partial charge in [0.2, 0.25) is 0 Å². The van der Waals surface area contributed by atoms with Gasteiger partial charge in [-0.2, -0.15) is 0 Å². The molecule has 2 heterocycles. The lowest BCUT2D eigenvalue weighted by Crippen LogP contribution is -2.14. The summed E-state index contributed by atoms with van der Waals surface area (Å²) < 4.78 is 6.53. The first-order chi connectivity index (χ1) is 11.1. The van der Waals surface area contributed by atoms with Gasteiger partial charge in [-0.15, -0.1) is 11.3 Å². The van der Waals surface area contributed by atoms with Gasteiger partial charge in [0, 0.05) is 28.7 Å². The number of carbonyl (C=O) groups excluding carboxylic acids is 1. The molecular weight excluding hydrogens is 336 g/mol. The van der Waals surface area contributed by atoms with Crippen molar-refractivity contribution in [2.45, 2.75) is 6.61 Å². The van der Waals surface area contributed by atoms with Crippen molar-refractivity contribution in [1.29, 1.82) is 0 Å². The summed E-state index contributed by atoms with van der Waals surface area (Å²) in [5.41, 5.74) is 0.938. The van der Waals surface area contributed by atoms with Crippen LogP contribution in [0.3, 0.4) is 0 Å². The van der Waals surface area contributed by atoms with Gasteiger partial charge < -0.3 is 4.74 Å². The van der Waals surface area contributed by atoms with Crippen LogP contribution in [0.15, 0.2) is 52.8 Å². The van der Waals surface area contributed by atoms with Crippen LogP contribution in [-0.2, 0) is 16.1 Å². The van der Waals surface area contributed by atoms with E-state index in [1.807, 2.05) is 12.1 Å². The fourth-order valence-electron chi connectivity index (χ4n) is 1.92. The van der Waals surface area contributed by atoms with E-state index in [0.29, 0.717) is 15.7 Å². The SMILES string of the molecule is O=C(/C=C/c1ccccc1Cl)OCc1cc(=O)n2ccsc2n1. The number of ether oxygens (including phenoxy) is 1. The summed E-state index contributed by atoms with van der Waals surface area (Å²) in [5, 5.41) is 2.32. The summed E-state index contributed by atoms with van der Waals surface area (Å²) in [6.45, 7) is -0.0602. The van der Waals surface area contributed by atoms with Crippen molar-refractivity contribution in [3.8, 4) is 0 Å². The third kappa shape index (κ3) is 3.67. The number of carbonyl (C=O) groups is 1. The number of hydrogen-bond acceptors (Lipinski definition) is 5. The average Bonchev–Trinajstić information content (AvgIpc) is 3.01. The van der Waals surface area contributed by atoms with Crippen LogP contribution in [0, 0.1) is 0 Å². The van der Waals surface area contributed by atoms with Gasteiger partial charge in [0.15, 0.2) is 4.96 Å². The Morgan fingerprint density at radius 2 is 2.22 bits per heavy atom. The molecular formula is C16H11ClN2O3S. The first-order valence-corrected chi connectivity index (χ1v) is 7.94. The number of benzene rings is 1. The second kappa shape index (κ2) is 6.76. The lowest BCUT2D eigenvalue weighted by atomic mass is 10.2. The third-order valence-electron chi connectivity index (χ3n) is 3.02. The number of halogens is 1. The zero-order chi connectivity index (χ0) is 16.2. The van der Waals surface area contributed by atoms with Gasteiger partial charge in [-0.25, -0.2) is 9.78 Å². The van der Waals surface area contributed by atoms with E-state index >= 15 is 0 Å². The zero-order valence-electron chi connectivity index (χ0n) is 11.8. The largest absolute Gasteiger partial charge is 0.456 e. The second-order valence-corrected chi connectivity index (χ2v) is 5.88. The molecule has 0 bridgehead atoms. The van der Waals surface area contributed by atoms with Gasteiger partial charge in [0.05, 0.1) is 5.69 Å². The van der Waals surface area contributed by atoms with Crippen molar-refractivity contribution in [2.24, 2.45) is 0 Å². The Bertz CT molecular complexity index is 946. The van der Waals surface area contributed by atoms with Crippen molar-refractivity contribution in [1.82, 2.24) is 9.38 Å². The summed E-state index contributed by atoms with van der Waals surface area (Å²) in [6, 6.07) is 8.51. The van der Waals surface area contributed by atoms with E-state index < -0.39 is 5.97 Å². The highest BCUT2D eigenvalue weighted by atomic mass is 35.5. The van der Waals surface area contributed by atoms with Crippen LogP contribution < -0.4 is 5.56 Å². The maximum atomic E-state index is 11.8. The monoisotopic (exact) mass is 346 g/mol. The van der Waals surface area contributed by atoms with Crippen molar-refractivity contribution in [3.63, 3.8) is 0 Å². The Kier molecular flexibility index (Phi) is 4.55. The molecule has 23 heavy (non-hydrogen) atoms. The summed E-state index contributed by atoms with van der Waals surface area (Å²) in [7, 11) is 0. The molecule has 0 aliphatic rings. The smallest absolute Gasteiger partial charge is 0.331 e. The van der Waals surface area contributed by atoms with E-state index in [4.69, 9.17) is 16.3 Å². The van der Waals surface area contributed by atoms with Gasteiger partial charge >= 0.3 is 5.97 Å². The molecule has 0 spiro atoms. The molecule has 1 aromatic carbocycles. The minimum absolute atomic E-state index is 0.0602. The lowest BCUT2D eigenvalue weighted by molar-refractivity contribution is -0.139. The van der Waals surface area contributed by atoms with E-state index in [9.17, 15) is 9.59 Å². The van der Waals surface area contributed by atoms with E-state index in [2.05, 4.69) is 4.98 Å². The molecule has 0 unspecified atom stereocenters. The Labute approximate surface area is 140 Å². The number of aromatic nitrogens is 2. The highest BCUT2D eigenvalue weighted by Crippen LogP contribution is 2.16. The van der Waals surface area contributed by atoms with Gasteiger partial charge in [-0.05, 0) is 17.7 Å². The van der Waals surface area contributed by atoms with Gasteiger partial charge in [0.1, 0.15) is 6.61 Å². The molecule has 3 aromatic rings. The molecule has 0 radical (unpaired) electrons. The predicted octanol–water partition coefficient (Wildman–Crippen LogP) is 3.17. The normalized spacial score (nSPS) is 11.2. The van der Waals surface area contributed by atoms with Crippen LogP contribution in [0.1, 0.15) is 11.3 Å². The maximum absolute atomic E-state index is 11.8. The van der Waals surface area contributed by atoms with E-state index in [-0.39, 0.29) is 12.2 Å². The summed E-state index contributed by atoms with van der Waals surface area (Å²) in [5.74, 6) is -0.530. The molecule has 0 aliphatic heterocycles. The molecule has 0 atom stereocenters. The average molecular weight is 347 g/mol. The van der Waals surface area contributed by atoms with E-state index in [0.717, 1.165) is 5.56 Å². The number of hydrogen-bond donors (Lipinski definition) is 0. The Balaban J connectivity index is 1.66. The molecule has 7 heteroatoms. The van der Waals surface area contributed by atoms with E-state index in [1.165, 1.54) is 27.9 Å². The maximum Gasteiger partial charge on any atom is 0.331 e. The van der Waals surface area contributed by atoms with Crippen LogP contribution in [-0.4, -0.2) is 15.4 Å². The fourth-order valence-corrected chi connectivity index (χ4v) is 2.86. The van der Waals surface area contributed by atoms with Gasteiger partial charge in [-0.1, -0.05) is 29.8 Å². The fraction of sp³-hybridized carbons (Fsp3) is 0.0625. The van der Waals surface area contributed by atoms with Gasteiger partial charge in [-0.3, -0.25) is 9.20 Å². The third-order valence-corrected chi connectivity index (χ3v) is 4.12. The highest BCUT2D eigenvalue weighted by molar-refractivity contribution is 7.15. The molecule has 116 valence electrons. The van der Waals surface area contributed by atoms with Crippen LogP contribution in [0.2, 0.25) is 5.02 Å². The first kappa shape index (κ1) is 15.5. The predicted molar refractivity (Wildman–Crippen MR) is 89.6 cm³/mol. The molecule has 0 amide bonds. The number of nitrogens with zero attached hydrogens (tertiary/aromatic N) is 2. The minimum Gasteiger partial charge on any atom is -0.456 e. The lowest BCUT2D eigenvalue weighted by Gasteiger charge is -2.02. The number of esters is 1. The minimum atomic E-state index is -0.530. The summed E-state index contributed by atoms with van der Waals surface area (Å²) in [4.78, 5) is 28.4. The molecule has 0 aliphatic carbocycles. The van der Waals surface area contributed by atoms with Crippen LogP contribution in [0.25, 0.3) is 11.0 Å². The molecule has 5 nitrogen and oxygen atoms in total. The highest BCUT2D eigenvalue weighted by Gasteiger charge is 2.05. The van der Waals surface area contributed by atoms with E-state index in [1.54, 1.807) is 29.8 Å². The molecule has 0 fully saturated rings. The van der Waals surface area contributed by atoms with Crippen LogP contribution >= 0.6 is 22.9 Å². The van der Waals surface area contributed by atoms with Crippen LogP contribution in [0.5, 0.6) is 0 Å². The summed E-state index contributed by atoms with van der Waals surface area (Å²) >= 11 is 7.34. The number of thiazole rings is 1. The van der Waals surface area contributed by atoms with Crippen molar-refractivity contribution >= 4 is 39.9 Å². The number of rotatable bonds is 4. The summed E-state index contributed by atoms with van der Waals surface area (Å²) in [6.07, 6.45) is 4.52. The number of fused-ring (bicyclic) bond motifs is 1. The molecule has 2 aromatic heterocycles.